The Morgan fingerprint density at radius 3 is 2.24 bits per heavy atom. The molecule has 25 heavy (non-hydrogen) atoms. The third-order valence-corrected chi connectivity index (χ3v) is 6.06. The van der Waals surface area contributed by atoms with E-state index in [0.29, 0.717) is 38.4 Å². The lowest BCUT2D eigenvalue weighted by Gasteiger charge is -2.36. The highest BCUT2D eigenvalue weighted by Gasteiger charge is 2.30. The van der Waals surface area contributed by atoms with Gasteiger partial charge >= 0.3 is 0 Å². The zero-order valence-corrected chi connectivity index (χ0v) is 15.3. The first kappa shape index (κ1) is 18.2. The van der Waals surface area contributed by atoms with E-state index in [9.17, 15) is 14.0 Å². The summed E-state index contributed by atoms with van der Waals surface area (Å²) in [4.78, 5) is 29.5. The highest BCUT2D eigenvalue weighted by molar-refractivity contribution is 7.99. The fourth-order valence-corrected chi connectivity index (χ4v) is 4.39. The number of hydrogen-bond acceptors (Lipinski definition) is 3. The summed E-state index contributed by atoms with van der Waals surface area (Å²) in [6.45, 7) is 2.59. The van der Waals surface area contributed by atoms with Crippen molar-refractivity contribution in [3.63, 3.8) is 0 Å². The Bertz CT molecular complexity index is 594. The lowest BCUT2D eigenvalue weighted by Crippen LogP contribution is -2.51. The van der Waals surface area contributed by atoms with E-state index in [1.165, 1.54) is 25.0 Å². The highest BCUT2D eigenvalue weighted by atomic mass is 32.2. The van der Waals surface area contributed by atoms with Crippen LogP contribution in [0.25, 0.3) is 0 Å². The van der Waals surface area contributed by atoms with Crippen LogP contribution in [0.4, 0.5) is 4.39 Å². The number of benzene rings is 1. The molecule has 2 amide bonds. The SMILES string of the molecule is O=C(CCSc1ccc(F)cc1)N1CCN(C(=O)C2CCCC2)CC1. The molecule has 0 bridgehead atoms. The molecule has 1 aliphatic heterocycles. The normalized spacial score (nSPS) is 18.6. The summed E-state index contributed by atoms with van der Waals surface area (Å²) in [7, 11) is 0. The minimum Gasteiger partial charge on any atom is -0.339 e. The fourth-order valence-electron chi connectivity index (χ4n) is 3.55. The molecule has 0 unspecified atom stereocenters. The van der Waals surface area contributed by atoms with Crippen molar-refractivity contribution in [1.29, 1.82) is 0 Å². The second-order valence-corrected chi connectivity index (χ2v) is 7.91. The average Bonchev–Trinajstić information content (AvgIpc) is 3.17. The second-order valence-electron chi connectivity index (χ2n) is 6.74. The number of amides is 2. The number of nitrogens with zero attached hydrogens (tertiary/aromatic N) is 2. The topological polar surface area (TPSA) is 40.6 Å². The Hall–Kier alpha value is -1.56. The molecule has 0 radical (unpaired) electrons. The van der Waals surface area contributed by atoms with Gasteiger partial charge in [0.1, 0.15) is 5.82 Å². The molecule has 0 atom stereocenters. The standard InChI is InChI=1S/C19H25FN2O2S/c20-16-5-7-17(8-6-16)25-14-9-18(23)21-10-12-22(13-11-21)19(24)15-3-1-2-4-15/h5-8,15H,1-4,9-14H2. The van der Waals surface area contributed by atoms with Crippen LogP contribution < -0.4 is 0 Å². The van der Waals surface area contributed by atoms with Crippen molar-refractivity contribution < 1.29 is 14.0 Å². The van der Waals surface area contributed by atoms with E-state index in [2.05, 4.69) is 0 Å². The van der Waals surface area contributed by atoms with Crippen LogP contribution in [-0.2, 0) is 9.59 Å². The van der Waals surface area contributed by atoms with Crippen molar-refractivity contribution in [2.24, 2.45) is 5.92 Å². The van der Waals surface area contributed by atoms with Gasteiger partial charge in [-0.05, 0) is 37.1 Å². The Labute approximate surface area is 152 Å². The van der Waals surface area contributed by atoms with Crippen molar-refractivity contribution in [3.8, 4) is 0 Å². The van der Waals surface area contributed by atoms with Crippen LogP contribution in [0.5, 0.6) is 0 Å². The largest absolute Gasteiger partial charge is 0.339 e. The monoisotopic (exact) mass is 364 g/mol. The smallest absolute Gasteiger partial charge is 0.225 e. The van der Waals surface area contributed by atoms with Gasteiger partial charge in [-0.2, -0.15) is 0 Å². The molecule has 2 aliphatic rings. The number of hydrogen-bond donors (Lipinski definition) is 0. The number of piperazine rings is 1. The first-order valence-electron chi connectivity index (χ1n) is 9.08. The van der Waals surface area contributed by atoms with Crippen LogP contribution in [0, 0.1) is 11.7 Å². The van der Waals surface area contributed by atoms with Crippen molar-refractivity contribution in [1.82, 2.24) is 9.80 Å². The van der Waals surface area contributed by atoms with E-state index in [1.54, 1.807) is 23.9 Å². The molecular weight excluding hydrogens is 339 g/mol. The first-order valence-corrected chi connectivity index (χ1v) is 10.1. The zero-order chi connectivity index (χ0) is 17.6. The minimum atomic E-state index is -0.245. The Kier molecular flexibility index (Phi) is 6.34. The van der Waals surface area contributed by atoms with Gasteiger partial charge in [0.15, 0.2) is 0 Å². The Morgan fingerprint density at radius 2 is 1.60 bits per heavy atom. The van der Waals surface area contributed by atoms with E-state index < -0.39 is 0 Å². The molecule has 0 spiro atoms. The number of thioether (sulfide) groups is 1. The van der Waals surface area contributed by atoms with Crippen molar-refractivity contribution in [2.45, 2.75) is 37.0 Å². The summed E-state index contributed by atoms with van der Waals surface area (Å²) in [5.41, 5.74) is 0. The molecule has 1 aliphatic carbocycles. The van der Waals surface area contributed by atoms with E-state index in [1.807, 2.05) is 9.80 Å². The molecular formula is C19H25FN2O2S. The molecule has 3 rings (SSSR count). The van der Waals surface area contributed by atoms with Gasteiger partial charge < -0.3 is 9.80 Å². The van der Waals surface area contributed by atoms with Crippen LogP contribution in [0.15, 0.2) is 29.2 Å². The summed E-state index contributed by atoms with van der Waals surface area (Å²) in [5.74, 6) is 1.09. The number of carbonyl (C=O) groups is 2. The summed E-state index contributed by atoms with van der Waals surface area (Å²) in [5, 5.41) is 0. The second kappa shape index (κ2) is 8.70. The maximum absolute atomic E-state index is 12.9. The van der Waals surface area contributed by atoms with Crippen molar-refractivity contribution in [2.75, 3.05) is 31.9 Å². The Morgan fingerprint density at radius 1 is 1.00 bits per heavy atom. The quantitative estimate of drug-likeness (QED) is 0.754. The molecule has 0 N–H and O–H groups in total. The molecule has 1 saturated heterocycles. The summed E-state index contributed by atoms with van der Waals surface area (Å²) >= 11 is 1.57. The van der Waals surface area contributed by atoms with Crippen LogP contribution in [0.2, 0.25) is 0 Å². The summed E-state index contributed by atoms with van der Waals surface area (Å²) < 4.78 is 12.9. The van der Waals surface area contributed by atoms with Gasteiger partial charge in [0.25, 0.3) is 0 Å². The van der Waals surface area contributed by atoms with Crippen molar-refractivity contribution >= 4 is 23.6 Å². The van der Waals surface area contributed by atoms with Gasteiger partial charge in [0.05, 0.1) is 0 Å². The molecule has 1 aromatic carbocycles. The van der Waals surface area contributed by atoms with Crippen LogP contribution in [0.1, 0.15) is 32.1 Å². The van der Waals surface area contributed by atoms with E-state index in [4.69, 9.17) is 0 Å². The number of rotatable bonds is 5. The average molecular weight is 364 g/mol. The third-order valence-electron chi connectivity index (χ3n) is 5.05. The molecule has 1 aromatic rings. The predicted molar refractivity (Wildman–Crippen MR) is 96.9 cm³/mol. The van der Waals surface area contributed by atoms with Crippen molar-refractivity contribution in [3.05, 3.63) is 30.1 Å². The van der Waals surface area contributed by atoms with Crippen LogP contribution >= 0.6 is 11.8 Å². The molecule has 136 valence electrons. The lowest BCUT2D eigenvalue weighted by molar-refractivity contribution is -0.141. The maximum Gasteiger partial charge on any atom is 0.225 e. The van der Waals surface area contributed by atoms with Crippen LogP contribution in [-0.4, -0.2) is 53.5 Å². The maximum atomic E-state index is 12.9. The van der Waals surface area contributed by atoms with Gasteiger partial charge in [-0.1, -0.05) is 12.8 Å². The minimum absolute atomic E-state index is 0.141. The molecule has 2 fully saturated rings. The van der Waals surface area contributed by atoms with Gasteiger partial charge in [-0.15, -0.1) is 11.8 Å². The Balaban J connectivity index is 1.37. The molecule has 0 aromatic heterocycles. The molecule has 1 saturated carbocycles. The fraction of sp³-hybridized carbons (Fsp3) is 0.579. The number of halogens is 1. The predicted octanol–water partition coefficient (Wildman–Crippen LogP) is 3.17. The molecule has 1 heterocycles. The molecule has 6 heteroatoms. The number of carbonyl (C=O) groups excluding carboxylic acids is 2. The zero-order valence-electron chi connectivity index (χ0n) is 14.5. The van der Waals surface area contributed by atoms with Gasteiger partial charge in [0.2, 0.25) is 11.8 Å². The van der Waals surface area contributed by atoms with E-state index in [-0.39, 0.29) is 23.5 Å². The summed E-state index contributed by atoms with van der Waals surface area (Å²) in [6, 6.07) is 6.34. The third kappa shape index (κ3) is 4.97. The van der Waals surface area contributed by atoms with E-state index in [0.717, 1.165) is 17.7 Å². The van der Waals surface area contributed by atoms with E-state index >= 15 is 0 Å². The van der Waals surface area contributed by atoms with Gasteiger partial charge in [-0.25, -0.2) is 4.39 Å². The highest BCUT2D eigenvalue weighted by Crippen LogP contribution is 2.27. The molecule has 4 nitrogen and oxygen atoms in total. The first-order chi connectivity index (χ1) is 12.1. The van der Waals surface area contributed by atoms with Gasteiger partial charge in [-0.3, -0.25) is 9.59 Å². The summed E-state index contributed by atoms with van der Waals surface area (Å²) in [6.07, 6.45) is 4.86. The van der Waals surface area contributed by atoms with Crippen LogP contribution in [0.3, 0.4) is 0 Å². The van der Waals surface area contributed by atoms with Gasteiger partial charge in [0, 0.05) is 49.2 Å². The lowest BCUT2D eigenvalue weighted by atomic mass is 10.1.